The highest BCUT2D eigenvalue weighted by Crippen LogP contribution is 2.23. The van der Waals surface area contributed by atoms with E-state index in [1.807, 2.05) is 11.0 Å². The van der Waals surface area contributed by atoms with Crippen LogP contribution in [0, 0.1) is 11.7 Å². The van der Waals surface area contributed by atoms with Gasteiger partial charge in [0.05, 0.1) is 17.4 Å². The first-order valence-electron chi connectivity index (χ1n) is 9.48. The summed E-state index contributed by atoms with van der Waals surface area (Å²) >= 11 is 0. The number of esters is 1. The summed E-state index contributed by atoms with van der Waals surface area (Å²) in [6.45, 7) is 3.07. The van der Waals surface area contributed by atoms with Crippen molar-refractivity contribution in [1.82, 2.24) is 4.90 Å². The zero-order chi connectivity index (χ0) is 20.9. The van der Waals surface area contributed by atoms with Gasteiger partial charge in [-0.2, -0.15) is 8.42 Å². The van der Waals surface area contributed by atoms with Gasteiger partial charge in [-0.3, -0.25) is 4.79 Å². The van der Waals surface area contributed by atoms with Crippen LogP contribution in [0.4, 0.5) is 4.39 Å². The van der Waals surface area contributed by atoms with Crippen LogP contribution in [-0.4, -0.2) is 44.8 Å². The molecule has 0 atom stereocenters. The minimum Gasteiger partial charge on any atom is -0.466 e. The predicted octanol–water partition coefficient (Wildman–Crippen LogP) is 3.24. The Balaban J connectivity index is 1.90. The Morgan fingerprint density at radius 3 is 2.31 bits per heavy atom. The van der Waals surface area contributed by atoms with E-state index in [-0.39, 0.29) is 16.8 Å². The molecule has 3 rings (SSSR count). The van der Waals surface area contributed by atoms with Crippen LogP contribution in [0.25, 0.3) is 0 Å². The molecule has 1 aliphatic heterocycles. The monoisotopic (exact) mass is 418 g/mol. The number of amidine groups is 1. The highest BCUT2D eigenvalue weighted by atomic mass is 32.2. The maximum Gasteiger partial charge on any atom is 0.309 e. The van der Waals surface area contributed by atoms with Gasteiger partial charge in [-0.15, -0.1) is 4.40 Å². The Labute approximate surface area is 170 Å². The van der Waals surface area contributed by atoms with E-state index in [4.69, 9.17) is 4.74 Å². The maximum atomic E-state index is 13.2. The summed E-state index contributed by atoms with van der Waals surface area (Å²) < 4.78 is 48.0. The van der Waals surface area contributed by atoms with Gasteiger partial charge in [0.1, 0.15) is 11.7 Å². The molecule has 1 saturated heterocycles. The molecule has 0 bridgehead atoms. The van der Waals surface area contributed by atoms with E-state index >= 15 is 0 Å². The first-order chi connectivity index (χ1) is 13.9. The van der Waals surface area contributed by atoms with Crippen molar-refractivity contribution in [2.24, 2.45) is 10.3 Å². The topological polar surface area (TPSA) is 76.0 Å². The predicted molar refractivity (Wildman–Crippen MR) is 107 cm³/mol. The molecule has 154 valence electrons. The third-order valence-corrected chi connectivity index (χ3v) is 6.05. The number of rotatable bonds is 5. The summed E-state index contributed by atoms with van der Waals surface area (Å²) in [5.74, 6) is -0.615. The summed E-state index contributed by atoms with van der Waals surface area (Å²) in [7, 11) is -4.02. The van der Waals surface area contributed by atoms with Crippen LogP contribution >= 0.6 is 0 Å². The molecule has 1 aliphatic rings. The Bertz CT molecular complexity index is 968. The van der Waals surface area contributed by atoms with Crippen LogP contribution in [0.3, 0.4) is 0 Å². The van der Waals surface area contributed by atoms with E-state index in [1.54, 1.807) is 31.2 Å². The molecule has 2 aromatic carbocycles. The Kier molecular flexibility index (Phi) is 6.64. The zero-order valence-corrected chi connectivity index (χ0v) is 16.9. The molecular formula is C21H23FN2O4S. The van der Waals surface area contributed by atoms with Gasteiger partial charge in [0.25, 0.3) is 10.0 Å². The van der Waals surface area contributed by atoms with E-state index in [0.717, 1.165) is 12.1 Å². The Hall–Kier alpha value is -2.74. The number of likely N-dealkylation sites (tertiary alicyclic amines) is 1. The second-order valence-electron chi connectivity index (χ2n) is 6.72. The summed E-state index contributed by atoms with van der Waals surface area (Å²) in [6, 6.07) is 13.6. The molecule has 0 spiro atoms. The molecule has 0 radical (unpaired) electrons. The van der Waals surface area contributed by atoms with Gasteiger partial charge in [-0.25, -0.2) is 4.39 Å². The number of sulfonamides is 1. The Morgan fingerprint density at radius 1 is 1.10 bits per heavy atom. The number of hydrogen-bond acceptors (Lipinski definition) is 4. The SMILES string of the molecule is CCOC(=O)C1CCN(/C(=N\S(=O)(=O)c2ccc(F)cc2)c2ccccc2)CC1. The van der Waals surface area contributed by atoms with Crippen molar-refractivity contribution in [3.05, 3.63) is 66.0 Å². The minimum atomic E-state index is -4.02. The number of piperidine rings is 1. The molecule has 0 unspecified atom stereocenters. The fourth-order valence-corrected chi connectivity index (χ4v) is 4.27. The van der Waals surface area contributed by atoms with Crippen molar-refractivity contribution >= 4 is 21.8 Å². The molecular weight excluding hydrogens is 395 g/mol. The standard InChI is InChI=1S/C21H23FN2O4S/c1-2-28-21(25)17-12-14-24(15-13-17)20(16-6-4-3-5-7-16)23-29(26,27)19-10-8-18(22)9-11-19/h3-11,17H,2,12-15H2,1H3/b23-20-. The number of halogens is 1. The Morgan fingerprint density at radius 2 is 1.72 bits per heavy atom. The zero-order valence-electron chi connectivity index (χ0n) is 16.1. The number of benzene rings is 2. The summed E-state index contributed by atoms with van der Waals surface area (Å²) in [5.41, 5.74) is 0.660. The average molecular weight is 418 g/mol. The lowest BCUT2D eigenvalue weighted by atomic mass is 9.96. The average Bonchev–Trinajstić information content (AvgIpc) is 2.73. The van der Waals surface area contributed by atoms with E-state index in [1.165, 1.54) is 12.1 Å². The summed E-state index contributed by atoms with van der Waals surface area (Å²) in [6.07, 6.45) is 1.11. The molecule has 1 heterocycles. The molecule has 2 aromatic rings. The normalized spacial score (nSPS) is 15.9. The lowest BCUT2D eigenvalue weighted by Crippen LogP contribution is -2.41. The molecule has 0 saturated carbocycles. The van der Waals surface area contributed by atoms with Crippen LogP contribution in [0.1, 0.15) is 25.3 Å². The lowest BCUT2D eigenvalue weighted by molar-refractivity contribution is -0.149. The second kappa shape index (κ2) is 9.17. The summed E-state index contributed by atoms with van der Waals surface area (Å²) in [4.78, 5) is 13.8. The molecule has 0 aromatic heterocycles. The fraction of sp³-hybridized carbons (Fsp3) is 0.333. The van der Waals surface area contributed by atoms with Gasteiger partial charge < -0.3 is 9.64 Å². The number of hydrogen-bond donors (Lipinski definition) is 0. The molecule has 0 N–H and O–H groups in total. The minimum absolute atomic E-state index is 0.0752. The smallest absolute Gasteiger partial charge is 0.309 e. The largest absolute Gasteiger partial charge is 0.466 e. The summed E-state index contributed by atoms with van der Waals surface area (Å²) in [5, 5.41) is 0. The third-order valence-electron chi connectivity index (χ3n) is 4.76. The van der Waals surface area contributed by atoms with Crippen molar-refractivity contribution in [3.63, 3.8) is 0 Å². The number of ether oxygens (including phenoxy) is 1. The third kappa shape index (κ3) is 5.20. The van der Waals surface area contributed by atoms with Gasteiger partial charge in [-0.1, -0.05) is 30.3 Å². The number of nitrogens with zero attached hydrogens (tertiary/aromatic N) is 2. The van der Waals surface area contributed by atoms with Gasteiger partial charge in [0.15, 0.2) is 0 Å². The van der Waals surface area contributed by atoms with E-state index in [9.17, 15) is 17.6 Å². The van der Waals surface area contributed by atoms with Crippen molar-refractivity contribution in [2.45, 2.75) is 24.7 Å². The van der Waals surface area contributed by atoms with E-state index in [0.29, 0.717) is 43.9 Å². The number of carbonyl (C=O) groups excluding carboxylic acids is 1. The first kappa shape index (κ1) is 21.0. The molecule has 29 heavy (non-hydrogen) atoms. The second-order valence-corrected chi connectivity index (χ2v) is 8.33. The van der Waals surface area contributed by atoms with Crippen molar-refractivity contribution < 1.29 is 22.3 Å². The van der Waals surface area contributed by atoms with Crippen molar-refractivity contribution in [2.75, 3.05) is 19.7 Å². The van der Waals surface area contributed by atoms with Gasteiger partial charge >= 0.3 is 5.97 Å². The quantitative estimate of drug-likeness (QED) is 0.423. The highest BCUT2D eigenvalue weighted by Gasteiger charge is 2.29. The van der Waals surface area contributed by atoms with Crippen molar-refractivity contribution in [3.8, 4) is 0 Å². The molecule has 6 nitrogen and oxygen atoms in total. The van der Waals surface area contributed by atoms with Crippen molar-refractivity contribution in [1.29, 1.82) is 0 Å². The van der Waals surface area contributed by atoms with E-state index < -0.39 is 15.8 Å². The van der Waals surface area contributed by atoms with Gasteiger partial charge in [0, 0.05) is 18.7 Å². The fourth-order valence-electron chi connectivity index (χ4n) is 3.24. The van der Waals surface area contributed by atoms with Crippen LogP contribution < -0.4 is 0 Å². The molecule has 1 fully saturated rings. The number of carbonyl (C=O) groups is 1. The van der Waals surface area contributed by atoms with Crippen LogP contribution in [-0.2, 0) is 19.6 Å². The molecule has 0 aliphatic carbocycles. The van der Waals surface area contributed by atoms with Gasteiger partial charge in [-0.05, 0) is 44.0 Å². The van der Waals surface area contributed by atoms with Crippen LogP contribution in [0.2, 0.25) is 0 Å². The maximum absolute atomic E-state index is 13.2. The van der Waals surface area contributed by atoms with E-state index in [2.05, 4.69) is 4.40 Å². The first-order valence-corrected chi connectivity index (χ1v) is 10.9. The van der Waals surface area contributed by atoms with Gasteiger partial charge in [0.2, 0.25) is 0 Å². The molecule has 8 heteroatoms. The highest BCUT2D eigenvalue weighted by molar-refractivity contribution is 7.90. The lowest BCUT2D eigenvalue weighted by Gasteiger charge is -2.33. The van der Waals surface area contributed by atoms with Crippen LogP contribution in [0.15, 0.2) is 63.9 Å². The van der Waals surface area contributed by atoms with Crippen LogP contribution in [0.5, 0.6) is 0 Å². The molecule has 0 amide bonds.